The maximum Gasteiger partial charge on any atom is 0.253 e. The van der Waals surface area contributed by atoms with Crippen LogP contribution in [-0.2, 0) is 11.2 Å². The van der Waals surface area contributed by atoms with Gasteiger partial charge < -0.3 is 20.9 Å². The van der Waals surface area contributed by atoms with Crippen LogP contribution in [-0.4, -0.2) is 52.4 Å². The van der Waals surface area contributed by atoms with Crippen molar-refractivity contribution in [2.45, 2.75) is 19.4 Å². The summed E-state index contributed by atoms with van der Waals surface area (Å²) in [5.74, 6) is 0.422. The van der Waals surface area contributed by atoms with Gasteiger partial charge in [-0.15, -0.1) is 11.3 Å². The number of aromatic nitrogens is 2. The van der Waals surface area contributed by atoms with Gasteiger partial charge in [0.2, 0.25) is 11.9 Å². The van der Waals surface area contributed by atoms with Gasteiger partial charge in [0.1, 0.15) is 0 Å². The standard InChI is InChI=1S/C22H22N6O2S/c1-13-10-28(7-6-23-13)21(30)14-2-4-16(5-3-14)25-22-24-9-15-8-19(29)26-18-12-31-11-17(18)20(15)27-22/h2-5,9,11-13,23H,6-8,10H2,1H3,(H,26,29)(H,24,25,27). The van der Waals surface area contributed by atoms with Crippen molar-refractivity contribution in [1.29, 1.82) is 0 Å². The number of benzene rings is 1. The predicted octanol–water partition coefficient (Wildman–Crippen LogP) is 2.88. The van der Waals surface area contributed by atoms with Gasteiger partial charge in [0.05, 0.1) is 17.8 Å². The molecule has 2 aliphatic heterocycles. The summed E-state index contributed by atoms with van der Waals surface area (Å²) < 4.78 is 0. The van der Waals surface area contributed by atoms with Gasteiger partial charge >= 0.3 is 0 Å². The van der Waals surface area contributed by atoms with E-state index in [1.807, 2.05) is 39.9 Å². The van der Waals surface area contributed by atoms with Crippen LogP contribution in [0.1, 0.15) is 22.8 Å². The third-order valence-corrected chi connectivity index (χ3v) is 6.19. The third-order valence-electron chi connectivity index (χ3n) is 5.45. The van der Waals surface area contributed by atoms with E-state index in [0.29, 0.717) is 30.6 Å². The molecule has 1 unspecified atom stereocenters. The molecule has 1 aromatic carbocycles. The van der Waals surface area contributed by atoms with Gasteiger partial charge in [-0.25, -0.2) is 9.97 Å². The highest BCUT2D eigenvalue weighted by atomic mass is 32.1. The van der Waals surface area contributed by atoms with Gasteiger partial charge in [-0.2, -0.15) is 0 Å². The number of amides is 2. The largest absolute Gasteiger partial charge is 0.336 e. The van der Waals surface area contributed by atoms with E-state index < -0.39 is 0 Å². The van der Waals surface area contributed by atoms with E-state index >= 15 is 0 Å². The van der Waals surface area contributed by atoms with Gasteiger partial charge in [-0.1, -0.05) is 0 Å². The number of nitrogens with one attached hydrogen (secondary N) is 3. The highest BCUT2D eigenvalue weighted by molar-refractivity contribution is 7.08. The smallest absolute Gasteiger partial charge is 0.253 e. The Morgan fingerprint density at radius 2 is 2.10 bits per heavy atom. The monoisotopic (exact) mass is 434 g/mol. The SMILES string of the molecule is CC1CN(C(=O)c2ccc(Nc3ncc4c(n3)-c3cscc3NC(=O)C4)cc2)CCN1. The first-order chi connectivity index (χ1) is 15.1. The van der Waals surface area contributed by atoms with E-state index in [2.05, 4.69) is 32.8 Å². The lowest BCUT2D eigenvalue weighted by atomic mass is 10.1. The Morgan fingerprint density at radius 3 is 2.90 bits per heavy atom. The van der Waals surface area contributed by atoms with Gasteiger partial charge in [0.25, 0.3) is 5.91 Å². The molecule has 3 aromatic rings. The lowest BCUT2D eigenvalue weighted by molar-refractivity contribution is -0.115. The first-order valence-corrected chi connectivity index (χ1v) is 11.1. The molecule has 31 heavy (non-hydrogen) atoms. The minimum Gasteiger partial charge on any atom is -0.336 e. The van der Waals surface area contributed by atoms with Crippen molar-refractivity contribution in [3.63, 3.8) is 0 Å². The first kappa shape index (κ1) is 19.7. The van der Waals surface area contributed by atoms with Gasteiger partial charge in [-0.05, 0) is 31.2 Å². The maximum absolute atomic E-state index is 12.7. The lowest BCUT2D eigenvalue weighted by Gasteiger charge is -2.32. The Morgan fingerprint density at radius 1 is 1.26 bits per heavy atom. The minimum absolute atomic E-state index is 0.0448. The Kier molecular flexibility index (Phi) is 5.13. The molecule has 2 aliphatic rings. The third kappa shape index (κ3) is 4.01. The lowest BCUT2D eigenvalue weighted by Crippen LogP contribution is -2.51. The van der Waals surface area contributed by atoms with E-state index in [1.165, 1.54) is 11.3 Å². The fraction of sp³-hybridized carbons (Fsp3) is 0.273. The Labute approximate surface area is 183 Å². The second kappa shape index (κ2) is 8.09. The number of carbonyl (C=O) groups is 2. The van der Waals surface area contributed by atoms with Gasteiger partial charge in [0.15, 0.2) is 0 Å². The Balaban J connectivity index is 1.35. The van der Waals surface area contributed by atoms with Gasteiger partial charge in [0, 0.05) is 65.0 Å². The molecule has 1 saturated heterocycles. The molecule has 2 amide bonds. The molecule has 0 radical (unpaired) electrons. The second-order valence-corrected chi connectivity index (χ2v) is 8.54. The van der Waals surface area contributed by atoms with Crippen molar-refractivity contribution in [2.75, 3.05) is 30.3 Å². The van der Waals surface area contributed by atoms with Crippen molar-refractivity contribution in [2.24, 2.45) is 0 Å². The molecule has 1 atom stereocenters. The molecule has 0 aliphatic carbocycles. The predicted molar refractivity (Wildman–Crippen MR) is 121 cm³/mol. The summed E-state index contributed by atoms with van der Waals surface area (Å²) in [5, 5.41) is 13.3. The number of hydrogen-bond acceptors (Lipinski definition) is 7. The van der Waals surface area contributed by atoms with E-state index in [4.69, 9.17) is 0 Å². The molecular weight excluding hydrogens is 412 g/mol. The van der Waals surface area contributed by atoms with Crippen LogP contribution in [0.2, 0.25) is 0 Å². The number of piperazine rings is 1. The number of thiophene rings is 1. The van der Waals surface area contributed by atoms with E-state index in [-0.39, 0.29) is 18.2 Å². The molecular formula is C22H22N6O2S. The van der Waals surface area contributed by atoms with Crippen molar-refractivity contribution in [3.8, 4) is 11.3 Å². The van der Waals surface area contributed by atoms with Crippen molar-refractivity contribution < 1.29 is 9.59 Å². The summed E-state index contributed by atoms with van der Waals surface area (Å²) in [6, 6.07) is 7.66. The fourth-order valence-corrected chi connectivity index (χ4v) is 4.66. The molecule has 3 N–H and O–H groups in total. The van der Waals surface area contributed by atoms with Crippen LogP contribution >= 0.6 is 11.3 Å². The zero-order valence-corrected chi connectivity index (χ0v) is 17.8. The van der Waals surface area contributed by atoms with Crippen LogP contribution < -0.4 is 16.0 Å². The fourth-order valence-electron chi connectivity index (χ4n) is 3.90. The van der Waals surface area contributed by atoms with Crippen LogP contribution in [0.3, 0.4) is 0 Å². The highest BCUT2D eigenvalue weighted by Crippen LogP contribution is 2.35. The van der Waals surface area contributed by atoms with Crippen LogP contribution in [0.5, 0.6) is 0 Å². The quantitative estimate of drug-likeness (QED) is 0.586. The van der Waals surface area contributed by atoms with E-state index in [9.17, 15) is 9.59 Å². The van der Waals surface area contributed by atoms with E-state index in [0.717, 1.165) is 34.7 Å². The maximum atomic E-state index is 12.7. The zero-order valence-electron chi connectivity index (χ0n) is 17.0. The summed E-state index contributed by atoms with van der Waals surface area (Å²) in [6.45, 7) is 4.32. The van der Waals surface area contributed by atoms with Crippen LogP contribution in [0.15, 0.2) is 41.2 Å². The van der Waals surface area contributed by atoms with Crippen LogP contribution in [0, 0.1) is 0 Å². The summed E-state index contributed by atoms with van der Waals surface area (Å²) >= 11 is 1.52. The molecule has 1 fully saturated rings. The van der Waals surface area contributed by atoms with Crippen LogP contribution in [0.4, 0.5) is 17.3 Å². The molecule has 4 heterocycles. The van der Waals surface area contributed by atoms with E-state index in [1.54, 1.807) is 6.20 Å². The van der Waals surface area contributed by atoms with Crippen LogP contribution in [0.25, 0.3) is 11.3 Å². The van der Waals surface area contributed by atoms with Crippen molar-refractivity contribution >= 4 is 40.5 Å². The molecule has 8 nitrogen and oxygen atoms in total. The zero-order chi connectivity index (χ0) is 21.4. The molecule has 0 saturated carbocycles. The number of rotatable bonds is 3. The topological polar surface area (TPSA) is 99.2 Å². The average Bonchev–Trinajstić information content (AvgIpc) is 3.17. The number of fused-ring (bicyclic) bond motifs is 3. The number of carbonyl (C=O) groups excluding carboxylic acids is 2. The molecule has 9 heteroatoms. The summed E-state index contributed by atoms with van der Waals surface area (Å²) in [5.41, 5.74) is 4.69. The highest BCUT2D eigenvalue weighted by Gasteiger charge is 2.23. The summed E-state index contributed by atoms with van der Waals surface area (Å²) in [7, 11) is 0. The molecule has 0 bridgehead atoms. The summed E-state index contributed by atoms with van der Waals surface area (Å²) in [6.07, 6.45) is 1.94. The molecule has 5 rings (SSSR count). The average molecular weight is 435 g/mol. The molecule has 158 valence electrons. The second-order valence-electron chi connectivity index (χ2n) is 7.80. The molecule has 2 aromatic heterocycles. The number of anilines is 3. The van der Waals surface area contributed by atoms with Crippen molar-refractivity contribution in [1.82, 2.24) is 20.2 Å². The normalized spacial score (nSPS) is 17.9. The summed E-state index contributed by atoms with van der Waals surface area (Å²) in [4.78, 5) is 35.8. The first-order valence-electron chi connectivity index (χ1n) is 10.2. The Bertz CT molecular complexity index is 1140. The number of hydrogen-bond donors (Lipinski definition) is 3. The number of nitrogens with zero attached hydrogens (tertiary/aromatic N) is 3. The van der Waals surface area contributed by atoms with Gasteiger partial charge in [-0.3, -0.25) is 9.59 Å². The van der Waals surface area contributed by atoms with Crippen molar-refractivity contribution in [3.05, 3.63) is 52.3 Å². The molecule has 0 spiro atoms. The minimum atomic E-state index is -0.0677. The Hall–Kier alpha value is -3.30.